The van der Waals surface area contributed by atoms with Crippen molar-refractivity contribution < 1.29 is 24.2 Å². The molecule has 0 radical (unpaired) electrons. The van der Waals surface area contributed by atoms with Crippen molar-refractivity contribution in [2.75, 3.05) is 13.2 Å². The number of carboxylic acids is 1. The number of hydrogen-bond acceptors (Lipinski definition) is 4. The summed E-state index contributed by atoms with van der Waals surface area (Å²) in [4.78, 5) is 35.2. The summed E-state index contributed by atoms with van der Waals surface area (Å²) in [6, 6.07) is -1.35. The lowest BCUT2D eigenvalue weighted by Crippen LogP contribution is -2.55. The van der Waals surface area contributed by atoms with Crippen LogP contribution in [0.3, 0.4) is 0 Å². The molecule has 0 aromatic carbocycles. The Hall–Kier alpha value is -1.63. The topological polar surface area (TPSA) is 105 Å². The molecule has 0 bridgehead atoms. The van der Waals surface area contributed by atoms with E-state index in [4.69, 9.17) is 4.74 Å². The Morgan fingerprint density at radius 3 is 2.38 bits per heavy atom. The standard InChI is InChI=1S/C14H24N2O5/c1-8(15-11(18)13(2,3)4)10(17)16-9-6-21-7-14(9,5)12(19)20/h8-9H,6-7H2,1-5H3,(H,15,18)(H,16,17)(H,19,20). The van der Waals surface area contributed by atoms with Gasteiger partial charge in [0.05, 0.1) is 19.3 Å². The Balaban J connectivity index is 2.65. The maximum Gasteiger partial charge on any atom is 0.313 e. The van der Waals surface area contributed by atoms with E-state index in [0.29, 0.717) is 0 Å². The van der Waals surface area contributed by atoms with Crippen molar-refractivity contribution in [1.82, 2.24) is 10.6 Å². The van der Waals surface area contributed by atoms with Crippen molar-refractivity contribution in [2.24, 2.45) is 10.8 Å². The molecule has 1 heterocycles. The van der Waals surface area contributed by atoms with Crippen LogP contribution in [-0.4, -0.2) is 48.2 Å². The minimum Gasteiger partial charge on any atom is -0.481 e. The SMILES string of the molecule is CC(NC(=O)C(C)(C)C)C(=O)NC1COCC1(C)C(=O)O. The van der Waals surface area contributed by atoms with E-state index in [0.717, 1.165) is 0 Å². The first-order valence-electron chi connectivity index (χ1n) is 6.91. The molecular formula is C14H24N2O5. The van der Waals surface area contributed by atoms with E-state index in [2.05, 4.69) is 10.6 Å². The summed E-state index contributed by atoms with van der Waals surface area (Å²) in [5.41, 5.74) is -1.75. The van der Waals surface area contributed by atoms with Crippen LogP contribution in [0.1, 0.15) is 34.6 Å². The highest BCUT2D eigenvalue weighted by atomic mass is 16.5. The van der Waals surface area contributed by atoms with Gasteiger partial charge < -0.3 is 20.5 Å². The minimum atomic E-state index is -1.15. The predicted octanol–water partition coefficient (Wildman–Crippen LogP) is 0.143. The summed E-state index contributed by atoms with van der Waals surface area (Å²) < 4.78 is 5.17. The van der Waals surface area contributed by atoms with Gasteiger partial charge in [-0.1, -0.05) is 20.8 Å². The number of rotatable bonds is 4. The fraction of sp³-hybridized carbons (Fsp3) is 0.786. The van der Waals surface area contributed by atoms with Gasteiger partial charge in [-0.3, -0.25) is 14.4 Å². The largest absolute Gasteiger partial charge is 0.481 e. The fourth-order valence-electron chi connectivity index (χ4n) is 1.86. The van der Waals surface area contributed by atoms with E-state index in [1.807, 2.05) is 0 Å². The Bertz CT molecular complexity index is 443. The van der Waals surface area contributed by atoms with Crippen LogP contribution in [0.15, 0.2) is 0 Å². The lowest BCUT2D eigenvalue weighted by atomic mass is 9.85. The Morgan fingerprint density at radius 1 is 1.33 bits per heavy atom. The first-order valence-corrected chi connectivity index (χ1v) is 6.91. The van der Waals surface area contributed by atoms with Crippen LogP contribution in [-0.2, 0) is 19.1 Å². The third-order valence-corrected chi connectivity index (χ3v) is 3.68. The molecule has 2 amide bonds. The summed E-state index contributed by atoms with van der Waals surface area (Å²) >= 11 is 0. The molecule has 0 aliphatic carbocycles. The minimum absolute atomic E-state index is 0.0516. The molecule has 3 unspecified atom stereocenters. The number of nitrogens with one attached hydrogen (secondary N) is 2. The van der Waals surface area contributed by atoms with Gasteiger partial charge in [0.15, 0.2) is 0 Å². The molecule has 1 rings (SSSR count). The van der Waals surface area contributed by atoms with Crippen LogP contribution in [0, 0.1) is 10.8 Å². The average molecular weight is 300 g/mol. The first kappa shape index (κ1) is 17.4. The molecular weight excluding hydrogens is 276 g/mol. The number of carbonyl (C=O) groups is 3. The predicted molar refractivity (Wildman–Crippen MR) is 75.6 cm³/mol. The van der Waals surface area contributed by atoms with Crippen molar-refractivity contribution in [2.45, 2.75) is 46.7 Å². The van der Waals surface area contributed by atoms with Crippen LogP contribution in [0.2, 0.25) is 0 Å². The molecule has 3 atom stereocenters. The van der Waals surface area contributed by atoms with Crippen molar-refractivity contribution in [1.29, 1.82) is 0 Å². The summed E-state index contributed by atoms with van der Waals surface area (Å²) in [7, 11) is 0. The molecule has 0 saturated carbocycles. The molecule has 1 aliphatic heterocycles. The summed E-state index contributed by atoms with van der Waals surface area (Å²) in [6.07, 6.45) is 0. The van der Waals surface area contributed by atoms with Crippen LogP contribution >= 0.6 is 0 Å². The average Bonchev–Trinajstić information content (AvgIpc) is 2.71. The van der Waals surface area contributed by atoms with E-state index in [1.54, 1.807) is 27.7 Å². The monoisotopic (exact) mass is 300 g/mol. The smallest absolute Gasteiger partial charge is 0.313 e. The Morgan fingerprint density at radius 2 is 1.90 bits per heavy atom. The van der Waals surface area contributed by atoms with Gasteiger partial charge in [0.25, 0.3) is 0 Å². The van der Waals surface area contributed by atoms with Crippen molar-refractivity contribution >= 4 is 17.8 Å². The molecule has 0 aromatic heterocycles. The zero-order valence-corrected chi connectivity index (χ0v) is 13.1. The van der Waals surface area contributed by atoms with Gasteiger partial charge in [0, 0.05) is 5.41 Å². The summed E-state index contributed by atoms with van der Waals surface area (Å²) in [5, 5.41) is 14.5. The van der Waals surface area contributed by atoms with Crippen molar-refractivity contribution in [3.63, 3.8) is 0 Å². The third-order valence-electron chi connectivity index (χ3n) is 3.68. The highest BCUT2D eigenvalue weighted by Gasteiger charge is 2.47. The summed E-state index contributed by atoms with van der Waals surface area (Å²) in [6.45, 7) is 8.54. The molecule has 21 heavy (non-hydrogen) atoms. The van der Waals surface area contributed by atoms with E-state index >= 15 is 0 Å². The zero-order valence-electron chi connectivity index (χ0n) is 13.1. The second-order valence-corrected chi connectivity index (χ2v) is 6.74. The number of carboxylic acid groups (broad SMARTS) is 1. The molecule has 1 fully saturated rings. The van der Waals surface area contributed by atoms with Crippen LogP contribution in [0.5, 0.6) is 0 Å². The highest BCUT2D eigenvalue weighted by Crippen LogP contribution is 2.28. The van der Waals surface area contributed by atoms with Crippen LogP contribution < -0.4 is 10.6 Å². The van der Waals surface area contributed by atoms with Gasteiger partial charge in [0.1, 0.15) is 11.5 Å². The van der Waals surface area contributed by atoms with Gasteiger partial charge in [-0.05, 0) is 13.8 Å². The number of amides is 2. The second kappa shape index (κ2) is 6.01. The lowest BCUT2D eigenvalue weighted by molar-refractivity contribution is -0.149. The van der Waals surface area contributed by atoms with Gasteiger partial charge in [-0.2, -0.15) is 0 Å². The highest BCUT2D eigenvalue weighted by molar-refractivity contribution is 5.90. The van der Waals surface area contributed by atoms with Gasteiger partial charge in [-0.15, -0.1) is 0 Å². The number of ether oxygens (including phenoxy) is 1. The first-order chi connectivity index (χ1) is 9.48. The Labute approximate surface area is 124 Å². The molecule has 120 valence electrons. The molecule has 7 nitrogen and oxygen atoms in total. The Kier molecular flexibility index (Phi) is 4.99. The van der Waals surface area contributed by atoms with Crippen LogP contribution in [0.25, 0.3) is 0 Å². The van der Waals surface area contributed by atoms with E-state index < -0.39 is 34.8 Å². The quantitative estimate of drug-likeness (QED) is 0.685. The maximum absolute atomic E-state index is 12.1. The molecule has 3 N–H and O–H groups in total. The number of hydrogen-bond donors (Lipinski definition) is 3. The summed E-state index contributed by atoms with van der Waals surface area (Å²) in [5.74, 6) is -1.68. The zero-order chi connectivity index (χ0) is 16.4. The molecule has 1 aliphatic rings. The number of carbonyl (C=O) groups excluding carboxylic acids is 2. The molecule has 1 saturated heterocycles. The van der Waals surface area contributed by atoms with Crippen molar-refractivity contribution in [3.05, 3.63) is 0 Å². The van der Waals surface area contributed by atoms with E-state index in [-0.39, 0.29) is 19.1 Å². The van der Waals surface area contributed by atoms with Gasteiger partial charge in [0.2, 0.25) is 11.8 Å². The van der Waals surface area contributed by atoms with E-state index in [9.17, 15) is 19.5 Å². The third kappa shape index (κ3) is 3.93. The molecule has 7 heteroatoms. The molecule has 0 aromatic rings. The van der Waals surface area contributed by atoms with Gasteiger partial charge in [-0.25, -0.2) is 0 Å². The normalized spacial score (nSPS) is 27.0. The van der Waals surface area contributed by atoms with Gasteiger partial charge >= 0.3 is 5.97 Å². The maximum atomic E-state index is 12.1. The van der Waals surface area contributed by atoms with E-state index in [1.165, 1.54) is 6.92 Å². The lowest BCUT2D eigenvalue weighted by Gasteiger charge is -2.27. The molecule has 0 spiro atoms. The number of aliphatic carboxylic acids is 1. The fourth-order valence-corrected chi connectivity index (χ4v) is 1.86. The van der Waals surface area contributed by atoms with Crippen molar-refractivity contribution in [3.8, 4) is 0 Å². The van der Waals surface area contributed by atoms with Crippen LogP contribution in [0.4, 0.5) is 0 Å². The second-order valence-electron chi connectivity index (χ2n) is 6.74.